The van der Waals surface area contributed by atoms with Crippen molar-refractivity contribution >= 4 is 27.1 Å². The van der Waals surface area contributed by atoms with Gasteiger partial charge in [-0.15, -0.1) is 0 Å². The molecule has 1 aromatic heterocycles. The minimum atomic E-state index is -3.66. The van der Waals surface area contributed by atoms with Crippen LogP contribution in [0.2, 0.25) is 0 Å². The Kier molecular flexibility index (Phi) is 3.73. The lowest BCUT2D eigenvalue weighted by molar-refractivity contribution is -0.131. The summed E-state index contributed by atoms with van der Waals surface area (Å²) >= 11 is 1.12. The Morgan fingerprint density at radius 2 is 2.00 bits per heavy atom. The fourth-order valence-electron chi connectivity index (χ4n) is 1.25. The summed E-state index contributed by atoms with van der Waals surface area (Å²) in [5, 5.41) is 1.78. The van der Waals surface area contributed by atoms with Gasteiger partial charge in [-0.1, -0.05) is 29.5 Å². The highest BCUT2D eigenvalue weighted by atomic mass is 32.2. The van der Waals surface area contributed by atoms with Gasteiger partial charge in [0, 0.05) is 11.6 Å². The number of ether oxygens (including phenoxy) is 1. The fraction of sp³-hybridized carbons (Fsp3) is 0.0909. The number of rotatable bonds is 4. The van der Waals surface area contributed by atoms with Crippen LogP contribution in [0, 0.1) is 0 Å². The van der Waals surface area contributed by atoms with Crippen LogP contribution in [-0.4, -0.2) is 25.1 Å². The predicted molar refractivity (Wildman–Crippen MR) is 66.2 cm³/mol. The van der Waals surface area contributed by atoms with Gasteiger partial charge in [0.05, 0.1) is 4.90 Å². The number of aromatic nitrogens is 1. The molecule has 0 atom stereocenters. The highest BCUT2D eigenvalue weighted by molar-refractivity contribution is 7.92. The third-order valence-electron chi connectivity index (χ3n) is 2.02. The van der Waals surface area contributed by atoms with Crippen molar-refractivity contribution in [2.24, 2.45) is 0 Å². The van der Waals surface area contributed by atoms with E-state index in [1.165, 1.54) is 18.3 Å². The molecule has 5 nitrogen and oxygen atoms in total. The van der Waals surface area contributed by atoms with Crippen molar-refractivity contribution in [3.05, 3.63) is 41.9 Å². The number of carbonyl (C=O) groups excluding carboxylic acids is 1. The lowest BCUT2D eigenvalue weighted by atomic mass is 10.4. The summed E-state index contributed by atoms with van der Waals surface area (Å²) in [7, 11) is -3.66. The second-order valence-corrected chi connectivity index (χ2v) is 6.19. The summed E-state index contributed by atoms with van der Waals surface area (Å²) < 4.78 is 28.5. The summed E-state index contributed by atoms with van der Waals surface area (Å²) in [6.45, 7) is 0. The monoisotopic (exact) mass is 283 g/mol. The number of sulfone groups is 1. The van der Waals surface area contributed by atoms with Gasteiger partial charge in [-0.25, -0.2) is 13.4 Å². The maximum atomic E-state index is 11.9. The molecule has 1 aromatic carbocycles. The Morgan fingerprint density at radius 3 is 2.61 bits per heavy atom. The number of carbonyl (C=O) groups is 1. The zero-order valence-electron chi connectivity index (χ0n) is 9.15. The maximum Gasteiger partial charge on any atom is 0.328 e. The second-order valence-electron chi connectivity index (χ2n) is 3.34. The van der Waals surface area contributed by atoms with Gasteiger partial charge in [0.2, 0.25) is 0 Å². The summed E-state index contributed by atoms with van der Waals surface area (Å²) in [4.78, 5) is 15.3. The third kappa shape index (κ3) is 3.14. The van der Waals surface area contributed by atoms with Crippen LogP contribution in [-0.2, 0) is 14.6 Å². The van der Waals surface area contributed by atoms with Crippen LogP contribution in [0.3, 0.4) is 0 Å². The van der Waals surface area contributed by atoms with Gasteiger partial charge in [-0.3, -0.25) is 4.79 Å². The number of hydrogen-bond acceptors (Lipinski definition) is 6. The minimum absolute atomic E-state index is 0.0982. The first-order valence-electron chi connectivity index (χ1n) is 4.96. The van der Waals surface area contributed by atoms with E-state index in [2.05, 4.69) is 4.98 Å². The molecule has 0 bridgehead atoms. The number of esters is 1. The Labute approximate surface area is 108 Å². The molecular weight excluding hydrogens is 274 g/mol. The molecule has 0 radical (unpaired) electrons. The normalized spacial score (nSPS) is 11.1. The minimum Gasteiger partial charge on any atom is -0.397 e. The molecule has 0 amide bonds. The molecule has 94 valence electrons. The summed E-state index contributed by atoms with van der Waals surface area (Å²) in [5.74, 6) is -1.54. The molecule has 0 aliphatic carbocycles. The van der Waals surface area contributed by atoms with Gasteiger partial charge in [0.25, 0.3) is 5.19 Å². The van der Waals surface area contributed by atoms with E-state index in [-0.39, 0.29) is 10.1 Å². The Balaban J connectivity index is 2.07. The van der Waals surface area contributed by atoms with Crippen molar-refractivity contribution in [2.75, 3.05) is 5.75 Å². The lowest BCUT2D eigenvalue weighted by Gasteiger charge is -2.03. The quantitative estimate of drug-likeness (QED) is 0.795. The van der Waals surface area contributed by atoms with Gasteiger partial charge in [0.15, 0.2) is 15.6 Å². The molecule has 1 heterocycles. The maximum absolute atomic E-state index is 11.9. The average Bonchev–Trinajstić information content (AvgIpc) is 2.82. The Bertz CT molecular complexity index is 620. The Morgan fingerprint density at radius 1 is 1.28 bits per heavy atom. The van der Waals surface area contributed by atoms with E-state index in [9.17, 15) is 13.2 Å². The molecule has 0 spiro atoms. The average molecular weight is 283 g/mol. The van der Waals surface area contributed by atoms with Crippen molar-refractivity contribution in [2.45, 2.75) is 4.90 Å². The van der Waals surface area contributed by atoms with Gasteiger partial charge in [-0.2, -0.15) is 0 Å². The van der Waals surface area contributed by atoms with Crippen LogP contribution < -0.4 is 4.74 Å². The summed E-state index contributed by atoms with van der Waals surface area (Å²) in [6.07, 6.45) is 1.47. The van der Waals surface area contributed by atoms with Crippen molar-refractivity contribution in [1.29, 1.82) is 0 Å². The second kappa shape index (κ2) is 5.28. The standard InChI is InChI=1S/C11H9NO4S2/c13-10(16-11-12-6-7-17-11)8-18(14,15)9-4-2-1-3-5-9/h1-7H,8H2. The number of thiazole rings is 1. The fourth-order valence-corrected chi connectivity index (χ4v) is 2.86. The van der Waals surface area contributed by atoms with E-state index >= 15 is 0 Å². The van der Waals surface area contributed by atoms with Crippen molar-refractivity contribution < 1.29 is 17.9 Å². The topological polar surface area (TPSA) is 73.3 Å². The highest BCUT2D eigenvalue weighted by Crippen LogP contribution is 2.15. The molecule has 0 N–H and O–H groups in total. The molecule has 0 fully saturated rings. The van der Waals surface area contributed by atoms with Crippen LogP contribution in [0.15, 0.2) is 46.8 Å². The van der Waals surface area contributed by atoms with Gasteiger partial charge < -0.3 is 4.74 Å². The van der Waals surface area contributed by atoms with Gasteiger partial charge >= 0.3 is 5.97 Å². The van der Waals surface area contributed by atoms with E-state index in [4.69, 9.17) is 4.74 Å². The van der Waals surface area contributed by atoms with Crippen LogP contribution >= 0.6 is 11.3 Å². The zero-order chi connectivity index (χ0) is 13.0. The van der Waals surface area contributed by atoms with Crippen molar-refractivity contribution in [1.82, 2.24) is 4.98 Å². The van der Waals surface area contributed by atoms with E-state index < -0.39 is 21.6 Å². The molecule has 18 heavy (non-hydrogen) atoms. The van der Waals surface area contributed by atoms with Crippen molar-refractivity contribution in [3.63, 3.8) is 0 Å². The number of nitrogens with zero attached hydrogens (tertiary/aromatic N) is 1. The molecule has 0 aliphatic heterocycles. The molecule has 7 heteroatoms. The first-order valence-corrected chi connectivity index (χ1v) is 7.49. The van der Waals surface area contributed by atoms with Crippen LogP contribution in [0.1, 0.15) is 0 Å². The number of hydrogen-bond donors (Lipinski definition) is 0. The van der Waals surface area contributed by atoms with Crippen LogP contribution in [0.5, 0.6) is 5.19 Å². The number of benzene rings is 1. The SMILES string of the molecule is O=C(CS(=O)(=O)c1ccccc1)Oc1nccs1. The van der Waals surface area contributed by atoms with Crippen molar-refractivity contribution in [3.8, 4) is 5.19 Å². The molecule has 2 aromatic rings. The lowest BCUT2D eigenvalue weighted by Crippen LogP contribution is -2.20. The Hall–Kier alpha value is -1.73. The predicted octanol–water partition coefficient (Wildman–Crippen LogP) is 1.52. The molecule has 2 rings (SSSR count). The molecule has 0 saturated heterocycles. The first kappa shape index (κ1) is 12.7. The smallest absolute Gasteiger partial charge is 0.328 e. The zero-order valence-corrected chi connectivity index (χ0v) is 10.8. The molecule has 0 aliphatic rings. The van der Waals surface area contributed by atoms with Gasteiger partial charge in [0.1, 0.15) is 0 Å². The van der Waals surface area contributed by atoms with Gasteiger partial charge in [-0.05, 0) is 12.1 Å². The third-order valence-corrected chi connectivity index (χ3v) is 4.28. The first-order chi connectivity index (χ1) is 8.58. The van der Waals surface area contributed by atoms with Crippen LogP contribution in [0.4, 0.5) is 0 Å². The highest BCUT2D eigenvalue weighted by Gasteiger charge is 2.21. The summed E-state index contributed by atoms with van der Waals surface area (Å²) in [5.41, 5.74) is 0. The molecular formula is C11H9NO4S2. The van der Waals surface area contributed by atoms with E-state index in [0.29, 0.717) is 0 Å². The molecule has 0 unspecified atom stereocenters. The van der Waals surface area contributed by atoms with E-state index in [0.717, 1.165) is 11.3 Å². The summed E-state index contributed by atoms with van der Waals surface area (Å²) in [6, 6.07) is 7.77. The van der Waals surface area contributed by atoms with E-state index in [1.54, 1.807) is 23.6 Å². The molecule has 0 saturated carbocycles. The largest absolute Gasteiger partial charge is 0.397 e. The van der Waals surface area contributed by atoms with E-state index in [1.807, 2.05) is 0 Å². The van der Waals surface area contributed by atoms with Crippen LogP contribution in [0.25, 0.3) is 0 Å².